The minimum Gasteiger partial charge on any atom is -0.444 e. The molecule has 0 bridgehead atoms. The molecular weight excluding hydrogens is 478 g/mol. The molecule has 0 saturated carbocycles. The lowest BCUT2D eigenvalue weighted by molar-refractivity contribution is -0.144. The van der Waals surface area contributed by atoms with Crippen LogP contribution in [0.5, 0.6) is 0 Å². The number of hydrogen-bond donors (Lipinski definition) is 2. The molecule has 0 saturated heterocycles. The zero-order valence-corrected chi connectivity index (χ0v) is 25.6. The first-order valence-electron chi connectivity index (χ1n) is 14.3. The first-order chi connectivity index (χ1) is 17.6. The lowest BCUT2D eigenvalue weighted by Gasteiger charge is -2.37. The molecule has 1 rings (SSSR count). The van der Waals surface area contributed by atoms with Crippen molar-refractivity contribution in [2.24, 2.45) is 5.92 Å². The van der Waals surface area contributed by atoms with Gasteiger partial charge in [-0.3, -0.25) is 9.59 Å². The molecule has 216 valence electrons. The number of amides is 3. The fraction of sp³-hybridized carbons (Fsp3) is 0.710. The number of aryl methyl sites for hydroxylation is 1. The van der Waals surface area contributed by atoms with Gasteiger partial charge in [-0.25, -0.2) is 4.79 Å². The molecule has 0 aliphatic rings. The van der Waals surface area contributed by atoms with Crippen LogP contribution in [-0.4, -0.2) is 46.5 Å². The molecule has 7 nitrogen and oxygen atoms in total. The van der Waals surface area contributed by atoms with Crippen LogP contribution < -0.4 is 10.6 Å². The average molecular weight is 532 g/mol. The lowest BCUT2D eigenvalue weighted by Crippen LogP contribution is -2.56. The van der Waals surface area contributed by atoms with Gasteiger partial charge in [0.2, 0.25) is 11.8 Å². The largest absolute Gasteiger partial charge is 0.444 e. The van der Waals surface area contributed by atoms with Crippen molar-refractivity contribution >= 4 is 17.9 Å². The number of alkyl carbamates (subject to hydrolysis) is 1. The van der Waals surface area contributed by atoms with E-state index < -0.39 is 29.3 Å². The van der Waals surface area contributed by atoms with E-state index in [2.05, 4.69) is 17.6 Å². The third kappa shape index (κ3) is 11.4. The number of benzene rings is 1. The number of ether oxygens (including phenoxy) is 1. The van der Waals surface area contributed by atoms with E-state index in [9.17, 15) is 14.4 Å². The van der Waals surface area contributed by atoms with Crippen LogP contribution in [0.15, 0.2) is 24.3 Å². The highest BCUT2D eigenvalue weighted by atomic mass is 16.6. The van der Waals surface area contributed by atoms with Crippen LogP contribution in [0.1, 0.15) is 118 Å². The SMILES string of the molecule is CCCCCCCN(C(=O)C(NC(=O)OC(C)(C)C)C(C)CC)C(C(=O)NC(C)(C)C)c1ccccc1C. The highest BCUT2D eigenvalue weighted by molar-refractivity contribution is 5.92. The summed E-state index contributed by atoms with van der Waals surface area (Å²) in [6.45, 7) is 19.7. The minimum atomic E-state index is -0.820. The van der Waals surface area contributed by atoms with E-state index in [0.29, 0.717) is 13.0 Å². The van der Waals surface area contributed by atoms with Gasteiger partial charge in [-0.05, 0) is 71.9 Å². The zero-order valence-electron chi connectivity index (χ0n) is 25.6. The Kier molecular flexibility index (Phi) is 13.3. The fourth-order valence-electron chi connectivity index (χ4n) is 4.33. The van der Waals surface area contributed by atoms with Gasteiger partial charge < -0.3 is 20.3 Å². The molecule has 0 heterocycles. The van der Waals surface area contributed by atoms with Gasteiger partial charge in [-0.15, -0.1) is 0 Å². The Morgan fingerprint density at radius 3 is 2.08 bits per heavy atom. The molecule has 7 heteroatoms. The minimum absolute atomic E-state index is 0.152. The summed E-state index contributed by atoms with van der Waals surface area (Å²) < 4.78 is 5.50. The van der Waals surface area contributed by atoms with E-state index in [1.54, 1.807) is 25.7 Å². The van der Waals surface area contributed by atoms with Crippen molar-refractivity contribution in [1.82, 2.24) is 15.5 Å². The number of unbranched alkanes of at least 4 members (excludes halogenated alkanes) is 4. The van der Waals surface area contributed by atoms with Crippen molar-refractivity contribution in [3.05, 3.63) is 35.4 Å². The van der Waals surface area contributed by atoms with Crippen molar-refractivity contribution in [1.29, 1.82) is 0 Å². The molecule has 0 spiro atoms. The van der Waals surface area contributed by atoms with Crippen LogP contribution in [0.2, 0.25) is 0 Å². The molecule has 1 aromatic carbocycles. The van der Waals surface area contributed by atoms with E-state index in [1.807, 2.05) is 65.8 Å². The normalized spacial score (nSPS) is 14.3. The van der Waals surface area contributed by atoms with Gasteiger partial charge in [-0.2, -0.15) is 0 Å². The third-order valence-corrected chi connectivity index (χ3v) is 6.48. The van der Waals surface area contributed by atoms with Crippen LogP contribution in [0, 0.1) is 12.8 Å². The van der Waals surface area contributed by atoms with Crippen LogP contribution in [0.3, 0.4) is 0 Å². The van der Waals surface area contributed by atoms with Crippen molar-refractivity contribution in [2.75, 3.05) is 6.54 Å². The van der Waals surface area contributed by atoms with Crippen molar-refractivity contribution in [3.8, 4) is 0 Å². The predicted octanol–water partition coefficient (Wildman–Crippen LogP) is 6.69. The van der Waals surface area contributed by atoms with Crippen LogP contribution >= 0.6 is 0 Å². The molecular formula is C31H53N3O4. The summed E-state index contributed by atoms with van der Waals surface area (Å²) in [7, 11) is 0. The second-order valence-corrected chi connectivity index (χ2v) is 12.5. The van der Waals surface area contributed by atoms with Gasteiger partial charge in [0.1, 0.15) is 17.7 Å². The summed E-state index contributed by atoms with van der Waals surface area (Å²) in [5, 5.41) is 5.94. The number of nitrogens with zero attached hydrogens (tertiary/aromatic N) is 1. The van der Waals surface area contributed by atoms with Gasteiger partial charge in [-0.1, -0.05) is 77.1 Å². The van der Waals surface area contributed by atoms with Crippen LogP contribution in [-0.2, 0) is 14.3 Å². The number of carbonyl (C=O) groups excluding carboxylic acids is 3. The van der Waals surface area contributed by atoms with E-state index >= 15 is 0 Å². The van der Waals surface area contributed by atoms with Crippen molar-refractivity contribution < 1.29 is 19.1 Å². The van der Waals surface area contributed by atoms with E-state index in [-0.39, 0.29) is 17.7 Å². The molecule has 2 N–H and O–H groups in total. The number of rotatable bonds is 13. The highest BCUT2D eigenvalue weighted by Gasteiger charge is 2.39. The summed E-state index contributed by atoms with van der Waals surface area (Å²) >= 11 is 0. The standard InChI is InChI=1S/C31H53N3O4/c1-11-13-14-15-18-21-34(28(36)25(22(3)12-2)32-29(37)38-31(8,9)10)26(27(35)33-30(5,6)7)24-20-17-16-19-23(24)4/h16-17,19-20,22,25-26H,11-15,18,21H2,1-10H3,(H,32,37)(H,33,35). The monoisotopic (exact) mass is 531 g/mol. The Morgan fingerprint density at radius 2 is 1.55 bits per heavy atom. The summed E-state index contributed by atoms with van der Waals surface area (Å²) in [5.41, 5.74) is 0.558. The molecule has 0 aliphatic heterocycles. The maximum atomic E-state index is 14.3. The summed E-state index contributed by atoms with van der Waals surface area (Å²) in [4.78, 5) is 42.6. The fourth-order valence-corrected chi connectivity index (χ4v) is 4.33. The van der Waals surface area contributed by atoms with Crippen molar-refractivity contribution in [2.45, 2.75) is 131 Å². The Morgan fingerprint density at radius 1 is 0.947 bits per heavy atom. The van der Waals surface area contributed by atoms with Crippen LogP contribution in [0.4, 0.5) is 4.79 Å². The lowest BCUT2D eigenvalue weighted by atomic mass is 9.93. The second-order valence-electron chi connectivity index (χ2n) is 12.5. The first kappa shape index (κ1) is 33.5. The van der Waals surface area contributed by atoms with Gasteiger partial charge in [0.15, 0.2) is 0 Å². The van der Waals surface area contributed by atoms with Gasteiger partial charge in [0.05, 0.1) is 0 Å². The Hall–Kier alpha value is -2.57. The summed E-state index contributed by atoms with van der Waals surface area (Å²) in [6, 6.07) is 6.07. The smallest absolute Gasteiger partial charge is 0.408 e. The second kappa shape index (κ2) is 15.1. The first-order valence-corrected chi connectivity index (χ1v) is 14.3. The molecule has 3 atom stereocenters. The third-order valence-electron chi connectivity index (χ3n) is 6.48. The molecule has 0 radical (unpaired) electrons. The topological polar surface area (TPSA) is 87.7 Å². The van der Waals surface area contributed by atoms with E-state index in [0.717, 1.165) is 43.2 Å². The van der Waals surface area contributed by atoms with E-state index in [1.165, 1.54) is 0 Å². The molecule has 0 fully saturated rings. The Bertz CT molecular complexity index is 901. The Balaban J connectivity index is 3.54. The molecule has 38 heavy (non-hydrogen) atoms. The summed E-state index contributed by atoms with van der Waals surface area (Å²) in [5.74, 6) is -0.646. The molecule has 3 amide bonds. The van der Waals surface area contributed by atoms with Crippen molar-refractivity contribution in [3.63, 3.8) is 0 Å². The van der Waals surface area contributed by atoms with Gasteiger partial charge >= 0.3 is 6.09 Å². The van der Waals surface area contributed by atoms with Gasteiger partial charge in [0.25, 0.3) is 0 Å². The number of carbonyl (C=O) groups is 3. The molecule has 3 unspecified atom stereocenters. The maximum Gasteiger partial charge on any atom is 0.408 e. The van der Waals surface area contributed by atoms with Crippen LogP contribution in [0.25, 0.3) is 0 Å². The summed E-state index contributed by atoms with van der Waals surface area (Å²) in [6.07, 6.45) is 5.12. The number of hydrogen-bond acceptors (Lipinski definition) is 4. The molecule has 0 aliphatic carbocycles. The number of nitrogens with one attached hydrogen (secondary N) is 2. The molecule has 1 aromatic rings. The quantitative estimate of drug-likeness (QED) is 0.278. The maximum absolute atomic E-state index is 14.3. The average Bonchev–Trinajstić information content (AvgIpc) is 2.79. The van der Waals surface area contributed by atoms with Gasteiger partial charge in [0, 0.05) is 12.1 Å². The van der Waals surface area contributed by atoms with E-state index in [4.69, 9.17) is 4.74 Å². The highest BCUT2D eigenvalue weighted by Crippen LogP contribution is 2.28. The zero-order chi connectivity index (χ0) is 29.1. The Labute approximate surface area is 231 Å². The molecule has 0 aromatic heterocycles. The predicted molar refractivity (Wildman–Crippen MR) is 155 cm³/mol.